The third-order valence-corrected chi connectivity index (χ3v) is 11.8. The van der Waals surface area contributed by atoms with E-state index in [0.29, 0.717) is 25.5 Å². The topological polar surface area (TPSA) is 104 Å². The van der Waals surface area contributed by atoms with Gasteiger partial charge in [-0.2, -0.15) is 0 Å². The highest BCUT2D eigenvalue weighted by molar-refractivity contribution is 6.15. The number of hydrogen-bond donors (Lipinski definition) is 3. The van der Waals surface area contributed by atoms with E-state index in [1.54, 1.807) is 7.11 Å². The highest BCUT2D eigenvalue weighted by Gasteiger charge is 2.57. The SMILES string of the molecule is C=C1CC=CC(C2=NCC(C3C=CC=CC3)C(NC(=O)N[C@H]3C[C@H](c4ccccc4)CN(CCOC)C3)=C2C)=CC1C(=O)NC1C[C@@]12CCOC2. The van der Waals surface area contributed by atoms with Crippen LogP contribution >= 0.6 is 0 Å². The van der Waals surface area contributed by atoms with E-state index in [9.17, 15) is 9.59 Å². The van der Waals surface area contributed by atoms with Crippen molar-refractivity contribution in [2.45, 2.75) is 57.0 Å². The summed E-state index contributed by atoms with van der Waals surface area (Å²) >= 11 is 0. The minimum absolute atomic E-state index is 0.0106. The summed E-state index contributed by atoms with van der Waals surface area (Å²) in [6.07, 6.45) is 19.1. The van der Waals surface area contributed by atoms with Gasteiger partial charge in [0.1, 0.15) is 0 Å². The Balaban J connectivity index is 1.11. The molecule has 0 bridgehead atoms. The van der Waals surface area contributed by atoms with E-state index in [-0.39, 0.29) is 41.3 Å². The lowest BCUT2D eigenvalue weighted by molar-refractivity contribution is -0.123. The first-order valence-corrected chi connectivity index (χ1v) is 18.7. The average molecular weight is 692 g/mol. The summed E-state index contributed by atoms with van der Waals surface area (Å²) in [5, 5.41) is 10.0. The molecule has 1 spiro atoms. The minimum Gasteiger partial charge on any atom is -0.383 e. The fraction of sp³-hybridized carbons (Fsp3) is 0.500. The van der Waals surface area contributed by atoms with E-state index in [1.807, 2.05) is 12.1 Å². The van der Waals surface area contributed by atoms with Gasteiger partial charge in [-0.1, -0.05) is 85.0 Å². The molecule has 9 nitrogen and oxygen atoms in total. The van der Waals surface area contributed by atoms with Crippen LogP contribution in [0.25, 0.3) is 0 Å². The van der Waals surface area contributed by atoms with Crippen molar-refractivity contribution < 1.29 is 19.1 Å². The number of piperidine rings is 1. The number of allylic oxidation sites excluding steroid dienone is 8. The van der Waals surface area contributed by atoms with Crippen molar-refractivity contribution in [3.63, 3.8) is 0 Å². The summed E-state index contributed by atoms with van der Waals surface area (Å²) in [4.78, 5) is 35.2. The Morgan fingerprint density at radius 1 is 1.14 bits per heavy atom. The lowest BCUT2D eigenvalue weighted by Crippen LogP contribution is -2.53. The number of rotatable bonds is 10. The zero-order chi connectivity index (χ0) is 35.4. The fourth-order valence-electron chi connectivity index (χ4n) is 8.66. The summed E-state index contributed by atoms with van der Waals surface area (Å²) in [6, 6.07) is 10.5. The normalized spacial score (nSPS) is 32.0. The quantitative estimate of drug-likeness (QED) is 0.277. The highest BCUT2D eigenvalue weighted by atomic mass is 16.5. The van der Waals surface area contributed by atoms with E-state index >= 15 is 0 Å². The number of urea groups is 1. The van der Waals surface area contributed by atoms with Crippen molar-refractivity contribution in [2.75, 3.05) is 53.1 Å². The number of amides is 3. The summed E-state index contributed by atoms with van der Waals surface area (Å²) in [6.45, 7) is 11.6. The molecule has 7 rings (SSSR count). The summed E-state index contributed by atoms with van der Waals surface area (Å²) < 4.78 is 11.0. The summed E-state index contributed by atoms with van der Waals surface area (Å²) in [5.74, 6) is 0.0815. The van der Waals surface area contributed by atoms with Gasteiger partial charge in [0.15, 0.2) is 0 Å². The molecule has 51 heavy (non-hydrogen) atoms. The Labute approximate surface area is 302 Å². The Kier molecular flexibility index (Phi) is 10.9. The molecule has 9 heteroatoms. The monoisotopic (exact) mass is 691 g/mol. The number of carbonyl (C=O) groups is 2. The lowest BCUT2D eigenvalue weighted by atomic mass is 9.80. The van der Waals surface area contributed by atoms with Gasteiger partial charge in [-0.05, 0) is 67.6 Å². The number of nitrogens with one attached hydrogen (secondary N) is 3. The molecule has 1 saturated carbocycles. The van der Waals surface area contributed by atoms with Crippen molar-refractivity contribution in [1.82, 2.24) is 20.9 Å². The smallest absolute Gasteiger partial charge is 0.319 e. The van der Waals surface area contributed by atoms with E-state index < -0.39 is 5.92 Å². The number of ether oxygens (including phenoxy) is 2. The molecule has 2 saturated heterocycles. The zero-order valence-electron chi connectivity index (χ0n) is 30.1. The highest BCUT2D eigenvalue weighted by Crippen LogP contribution is 2.52. The van der Waals surface area contributed by atoms with Crippen molar-refractivity contribution in [2.24, 2.45) is 28.2 Å². The van der Waals surface area contributed by atoms with Gasteiger partial charge in [0.25, 0.3) is 0 Å². The summed E-state index contributed by atoms with van der Waals surface area (Å²) in [5.41, 5.74) is 5.81. The van der Waals surface area contributed by atoms with Crippen molar-refractivity contribution in [1.29, 1.82) is 0 Å². The zero-order valence-corrected chi connectivity index (χ0v) is 30.1. The maximum atomic E-state index is 14.0. The number of nitrogens with zero attached hydrogens (tertiary/aromatic N) is 2. The fourth-order valence-corrected chi connectivity index (χ4v) is 8.66. The van der Waals surface area contributed by atoms with Crippen molar-refractivity contribution in [3.05, 3.63) is 107 Å². The molecule has 6 aliphatic rings. The molecular formula is C42H53N5O4. The molecule has 3 amide bonds. The largest absolute Gasteiger partial charge is 0.383 e. The van der Waals surface area contributed by atoms with Crippen LogP contribution in [0.15, 0.2) is 107 Å². The second kappa shape index (κ2) is 15.7. The molecule has 3 N–H and O–H groups in total. The molecule has 4 unspecified atom stereocenters. The van der Waals surface area contributed by atoms with Crippen LogP contribution in [-0.4, -0.2) is 87.7 Å². The van der Waals surface area contributed by atoms with Crippen molar-refractivity contribution in [3.8, 4) is 0 Å². The van der Waals surface area contributed by atoms with Gasteiger partial charge >= 0.3 is 6.03 Å². The van der Waals surface area contributed by atoms with Crippen LogP contribution in [0.4, 0.5) is 4.79 Å². The molecule has 0 radical (unpaired) electrons. The maximum Gasteiger partial charge on any atom is 0.319 e. The van der Waals surface area contributed by atoms with Gasteiger partial charge in [0.2, 0.25) is 5.91 Å². The molecule has 1 aromatic carbocycles. The Bertz CT molecular complexity index is 1670. The molecule has 3 heterocycles. The number of hydrogen-bond acceptors (Lipinski definition) is 6. The number of likely N-dealkylation sites (tertiary alicyclic amines) is 1. The molecule has 3 aliphatic carbocycles. The van der Waals surface area contributed by atoms with Crippen LogP contribution in [-0.2, 0) is 14.3 Å². The third-order valence-electron chi connectivity index (χ3n) is 11.8. The molecule has 1 aromatic rings. The standard InChI is InChI=1S/C42H53N5O4/c1-28-11-10-16-32(22-35(28)40(48)45-37-23-42(37)17-19-51-27-42)38-29(2)39(36(24-43-38)31-14-8-5-9-15-31)46-41(49)44-34-21-33(30-12-6-4-7-13-30)25-47(26-34)18-20-50-3/h4-10,12-14,16,22,31,33-37H,1,11,15,17-21,23-27H2,2-3H3,(H,45,48)(H2,44,46,49)/t31?,33-,34-,35?,36?,37?,42+/m0/s1. The van der Waals surface area contributed by atoms with Crippen LogP contribution in [0.5, 0.6) is 0 Å². The van der Waals surface area contributed by atoms with Gasteiger partial charge < -0.3 is 25.4 Å². The number of aliphatic imine (C=N–C) groups is 1. The van der Waals surface area contributed by atoms with Crippen LogP contribution in [0.3, 0.4) is 0 Å². The number of benzene rings is 1. The molecule has 270 valence electrons. The number of dihydropyridines is 1. The van der Waals surface area contributed by atoms with Crippen LogP contribution < -0.4 is 16.0 Å². The third kappa shape index (κ3) is 8.06. The Morgan fingerprint density at radius 2 is 2.00 bits per heavy atom. The predicted molar refractivity (Wildman–Crippen MR) is 201 cm³/mol. The first-order chi connectivity index (χ1) is 24.8. The lowest BCUT2D eigenvalue weighted by Gasteiger charge is -2.38. The number of carbonyl (C=O) groups excluding carboxylic acids is 2. The van der Waals surface area contributed by atoms with Gasteiger partial charge in [-0.15, -0.1) is 0 Å². The van der Waals surface area contributed by atoms with E-state index in [0.717, 1.165) is 86.7 Å². The summed E-state index contributed by atoms with van der Waals surface area (Å²) in [7, 11) is 1.73. The first kappa shape index (κ1) is 35.4. The average Bonchev–Trinajstić information content (AvgIpc) is 3.66. The van der Waals surface area contributed by atoms with Crippen LogP contribution in [0.2, 0.25) is 0 Å². The molecule has 3 aliphatic heterocycles. The maximum absolute atomic E-state index is 14.0. The van der Waals surface area contributed by atoms with E-state index in [4.69, 9.17) is 14.5 Å². The molecular weight excluding hydrogens is 638 g/mol. The van der Waals surface area contributed by atoms with Gasteiger partial charge in [-0.25, -0.2) is 4.79 Å². The Hall–Kier alpha value is -4.05. The minimum atomic E-state index is -0.459. The second-order valence-corrected chi connectivity index (χ2v) is 15.2. The number of methoxy groups -OCH3 is 1. The second-order valence-electron chi connectivity index (χ2n) is 15.2. The first-order valence-electron chi connectivity index (χ1n) is 18.7. The van der Waals surface area contributed by atoms with E-state index in [1.165, 1.54) is 5.56 Å². The molecule has 3 fully saturated rings. The van der Waals surface area contributed by atoms with Gasteiger partial charge in [0.05, 0.1) is 24.8 Å². The van der Waals surface area contributed by atoms with Crippen LogP contribution in [0, 0.1) is 23.2 Å². The van der Waals surface area contributed by atoms with E-state index in [2.05, 4.69) is 95.1 Å². The van der Waals surface area contributed by atoms with Crippen LogP contribution in [0.1, 0.15) is 50.5 Å². The predicted octanol–water partition coefficient (Wildman–Crippen LogP) is 5.62. The van der Waals surface area contributed by atoms with Gasteiger partial charge in [0, 0.05) is 69.0 Å². The Morgan fingerprint density at radius 3 is 2.76 bits per heavy atom. The molecule has 7 atom stereocenters. The molecule has 0 aromatic heterocycles. The van der Waals surface area contributed by atoms with Crippen molar-refractivity contribution >= 4 is 17.6 Å². The van der Waals surface area contributed by atoms with Gasteiger partial charge in [-0.3, -0.25) is 14.7 Å².